The molecule has 0 aliphatic rings. The van der Waals surface area contributed by atoms with Gasteiger partial charge in [-0.25, -0.2) is 4.79 Å². The van der Waals surface area contributed by atoms with Crippen LogP contribution < -0.4 is 4.74 Å². The third-order valence-corrected chi connectivity index (χ3v) is 1.82. The van der Waals surface area contributed by atoms with Gasteiger partial charge in [0.1, 0.15) is 5.75 Å². The van der Waals surface area contributed by atoms with E-state index >= 15 is 0 Å². The van der Waals surface area contributed by atoms with Crippen molar-refractivity contribution in [2.45, 2.75) is 19.4 Å². The lowest BCUT2D eigenvalue weighted by Crippen LogP contribution is -2.17. The van der Waals surface area contributed by atoms with E-state index in [1.165, 1.54) is 0 Å². The maximum absolute atomic E-state index is 11.1. The number of hydrogen-bond acceptors (Lipinski definition) is 3. The molecule has 15 heavy (non-hydrogen) atoms. The Kier molecular flexibility index (Phi) is 4.43. The highest BCUT2D eigenvalue weighted by atomic mass is 35.5. The van der Waals surface area contributed by atoms with Crippen LogP contribution in [0.5, 0.6) is 5.75 Å². The largest absolute Gasteiger partial charge is 0.482 e. The molecule has 3 nitrogen and oxygen atoms in total. The number of para-hydroxylation sites is 1. The van der Waals surface area contributed by atoms with Crippen molar-refractivity contribution in [3.8, 4) is 5.75 Å². The molecule has 1 atom stereocenters. The first kappa shape index (κ1) is 11.9. The number of esters is 1. The fourth-order valence-corrected chi connectivity index (χ4v) is 1.17. The summed E-state index contributed by atoms with van der Waals surface area (Å²) in [6.07, 6.45) is 0. The van der Waals surface area contributed by atoms with Crippen molar-refractivity contribution in [2.75, 3.05) is 6.61 Å². The van der Waals surface area contributed by atoms with Gasteiger partial charge in [0.25, 0.3) is 0 Å². The van der Waals surface area contributed by atoms with Crippen LogP contribution in [0.3, 0.4) is 0 Å². The summed E-state index contributed by atoms with van der Waals surface area (Å²) in [5.41, 5.74) is 0.349. The molecule has 0 bridgehead atoms. The van der Waals surface area contributed by atoms with E-state index in [1.807, 2.05) is 25.1 Å². The lowest BCUT2D eigenvalue weighted by molar-refractivity contribution is -0.147. The first-order valence-electron chi connectivity index (χ1n) is 4.61. The average Bonchev–Trinajstić information content (AvgIpc) is 2.15. The Morgan fingerprint density at radius 2 is 2.13 bits per heavy atom. The van der Waals surface area contributed by atoms with E-state index in [9.17, 15) is 4.79 Å². The number of hydrogen-bond donors (Lipinski definition) is 0. The zero-order valence-corrected chi connectivity index (χ0v) is 9.45. The van der Waals surface area contributed by atoms with E-state index in [0.29, 0.717) is 5.75 Å². The van der Waals surface area contributed by atoms with Crippen molar-refractivity contribution in [3.05, 3.63) is 29.8 Å². The maximum Gasteiger partial charge on any atom is 0.345 e. The van der Waals surface area contributed by atoms with Gasteiger partial charge in [0.15, 0.2) is 12.2 Å². The molecule has 0 fully saturated rings. The Bertz CT molecular complexity index is 336. The molecule has 0 amide bonds. The zero-order chi connectivity index (χ0) is 11.3. The third-order valence-electron chi connectivity index (χ3n) is 1.73. The number of rotatable bonds is 4. The first-order chi connectivity index (χ1) is 7.09. The van der Waals surface area contributed by atoms with Gasteiger partial charge in [0.2, 0.25) is 0 Å². The Labute approximate surface area is 93.9 Å². The molecule has 1 aromatic carbocycles. The molecule has 0 spiro atoms. The summed E-state index contributed by atoms with van der Waals surface area (Å²) in [5, 5.41) is 0. The highest BCUT2D eigenvalue weighted by Gasteiger charge is 2.08. The molecule has 4 heteroatoms. The van der Waals surface area contributed by atoms with Gasteiger partial charge in [-0.3, -0.25) is 0 Å². The number of alkyl halides is 1. The molecule has 0 N–H and O–H groups in total. The van der Waals surface area contributed by atoms with Gasteiger partial charge in [-0.1, -0.05) is 29.8 Å². The van der Waals surface area contributed by atoms with Gasteiger partial charge >= 0.3 is 5.97 Å². The Hall–Kier alpha value is -1.22. The van der Waals surface area contributed by atoms with E-state index < -0.39 is 11.5 Å². The monoisotopic (exact) mass is 228 g/mol. The Balaban J connectivity index is 2.44. The van der Waals surface area contributed by atoms with Crippen molar-refractivity contribution in [1.29, 1.82) is 0 Å². The van der Waals surface area contributed by atoms with Crippen LogP contribution in [0.1, 0.15) is 12.5 Å². The number of carbonyl (C=O) groups excluding carboxylic acids is 1. The van der Waals surface area contributed by atoms with Crippen LogP contribution in [0.15, 0.2) is 24.3 Å². The van der Waals surface area contributed by atoms with Crippen LogP contribution in [-0.2, 0) is 9.53 Å². The summed E-state index contributed by atoms with van der Waals surface area (Å²) < 4.78 is 9.98. The van der Waals surface area contributed by atoms with Gasteiger partial charge in [-0.05, 0) is 25.5 Å². The fourth-order valence-electron chi connectivity index (χ4n) is 1.07. The predicted molar refractivity (Wildman–Crippen MR) is 58.1 cm³/mol. The highest BCUT2D eigenvalue weighted by Crippen LogP contribution is 2.15. The van der Waals surface area contributed by atoms with Crippen molar-refractivity contribution in [1.82, 2.24) is 0 Å². The molecular weight excluding hydrogens is 216 g/mol. The molecule has 82 valence electrons. The second-order valence-corrected chi connectivity index (χ2v) is 3.70. The van der Waals surface area contributed by atoms with E-state index in [4.69, 9.17) is 21.1 Å². The number of aryl methyl sites for hydroxylation is 1. The first-order valence-corrected chi connectivity index (χ1v) is 5.05. The van der Waals surface area contributed by atoms with E-state index in [1.54, 1.807) is 13.0 Å². The van der Waals surface area contributed by atoms with Crippen LogP contribution in [-0.4, -0.2) is 18.1 Å². The second kappa shape index (κ2) is 5.61. The summed E-state index contributed by atoms with van der Waals surface area (Å²) in [7, 11) is 0. The van der Waals surface area contributed by atoms with Gasteiger partial charge in [0, 0.05) is 0 Å². The number of halogens is 1. The van der Waals surface area contributed by atoms with Crippen LogP contribution >= 0.6 is 11.6 Å². The summed E-state index contributed by atoms with van der Waals surface area (Å²) in [6.45, 7) is 3.36. The summed E-state index contributed by atoms with van der Waals surface area (Å²) >= 11 is 5.49. The van der Waals surface area contributed by atoms with Crippen molar-refractivity contribution in [2.24, 2.45) is 0 Å². The second-order valence-electron chi connectivity index (χ2n) is 3.09. The van der Waals surface area contributed by atoms with Crippen LogP contribution in [0.25, 0.3) is 0 Å². The van der Waals surface area contributed by atoms with Gasteiger partial charge < -0.3 is 9.47 Å². The average molecular weight is 229 g/mol. The van der Waals surface area contributed by atoms with Crippen LogP contribution in [0.4, 0.5) is 0 Å². The van der Waals surface area contributed by atoms with Gasteiger partial charge in [-0.15, -0.1) is 0 Å². The van der Waals surface area contributed by atoms with Gasteiger partial charge in [-0.2, -0.15) is 0 Å². The molecular formula is C11H13ClO3. The normalized spacial score (nSPS) is 11.9. The molecule has 1 rings (SSSR count). The summed E-state index contributed by atoms with van der Waals surface area (Å²) in [5.74, 6) is 0.206. The van der Waals surface area contributed by atoms with Crippen molar-refractivity contribution >= 4 is 17.6 Å². The lowest BCUT2D eigenvalue weighted by Gasteiger charge is -2.09. The number of benzene rings is 1. The fraction of sp³-hybridized carbons (Fsp3) is 0.364. The van der Waals surface area contributed by atoms with E-state index in [2.05, 4.69) is 0 Å². The van der Waals surface area contributed by atoms with E-state index in [-0.39, 0.29) is 6.61 Å². The summed E-state index contributed by atoms with van der Waals surface area (Å²) in [4.78, 5) is 11.1. The quantitative estimate of drug-likeness (QED) is 0.587. The Morgan fingerprint density at radius 1 is 1.47 bits per heavy atom. The minimum atomic E-state index is -0.627. The van der Waals surface area contributed by atoms with Gasteiger partial charge in [0.05, 0.1) is 0 Å². The molecule has 0 aliphatic heterocycles. The SMILES string of the molecule is Cc1ccccc1OCC(=O)OC(C)Cl. The topological polar surface area (TPSA) is 35.5 Å². The third kappa shape index (κ3) is 4.21. The van der Waals surface area contributed by atoms with Crippen LogP contribution in [0.2, 0.25) is 0 Å². The molecule has 1 unspecified atom stereocenters. The minimum absolute atomic E-state index is 0.123. The van der Waals surface area contributed by atoms with Crippen molar-refractivity contribution < 1.29 is 14.3 Å². The molecule has 0 aliphatic carbocycles. The molecule has 1 aromatic rings. The Morgan fingerprint density at radius 3 is 2.73 bits per heavy atom. The molecule has 0 saturated heterocycles. The molecule has 0 aromatic heterocycles. The maximum atomic E-state index is 11.1. The van der Waals surface area contributed by atoms with E-state index in [0.717, 1.165) is 5.56 Å². The number of carbonyl (C=O) groups is 1. The van der Waals surface area contributed by atoms with Crippen LogP contribution in [0, 0.1) is 6.92 Å². The molecule has 0 saturated carbocycles. The highest BCUT2D eigenvalue weighted by molar-refractivity contribution is 6.19. The molecule has 0 heterocycles. The predicted octanol–water partition coefficient (Wildman–Crippen LogP) is 2.50. The summed E-state index contributed by atoms with van der Waals surface area (Å²) in [6, 6.07) is 7.46. The lowest BCUT2D eigenvalue weighted by atomic mass is 10.2. The molecule has 0 radical (unpaired) electrons. The van der Waals surface area contributed by atoms with Crippen molar-refractivity contribution in [3.63, 3.8) is 0 Å². The standard InChI is InChI=1S/C11H13ClO3/c1-8-5-3-4-6-10(8)14-7-11(13)15-9(2)12/h3-6,9H,7H2,1-2H3. The number of ether oxygens (including phenoxy) is 2. The zero-order valence-electron chi connectivity index (χ0n) is 8.70. The smallest absolute Gasteiger partial charge is 0.345 e. The minimum Gasteiger partial charge on any atom is -0.482 e.